The van der Waals surface area contributed by atoms with Gasteiger partial charge < -0.3 is 15.1 Å². The zero-order chi connectivity index (χ0) is 26.3. The van der Waals surface area contributed by atoms with Crippen LogP contribution in [0.25, 0.3) is 17.4 Å². The summed E-state index contributed by atoms with van der Waals surface area (Å²) >= 11 is 0. The molecule has 0 radical (unpaired) electrons. The molecule has 3 aromatic carbocycles. The molecule has 0 saturated carbocycles. The van der Waals surface area contributed by atoms with Gasteiger partial charge in [-0.1, -0.05) is 60.7 Å². The van der Waals surface area contributed by atoms with E-state index in [0.29, 0.717) is 18.5 Å². The van der Waals surface area contributed by atoms with Gasteiger partial charge in [0.1, 0.15) is 17.2 Å². The Morgan fingerprint density at radius 2 is 1.54 bits per heavy atom. The number of nitrogens with one attached hydrogen (secondary N) is 2. The molecular formula is C29H23F3N2O3. The van der Waals surface area contributed by atoms with E-state index in [4.69, 9.17) is 4.42 Å². The number of carbonyl (C=O) groups is 2. The molecule has 1 aromatic heterocycles. The van der Waals surface area contributed by atoms with Crippen LogP contribution in [0, 0.1) is 0 Å². The monoisotopic (exact) mass is 504 g/mol. The Hall–Kier alpha value is -4.59. The van der Waals surface area contributed by atoms with Gasteiger partial charge in [-0.05, 0) is 48.4 Å². The van der Waals surface area contributed by atoms with Gasteiger partial charge in [0.2, 0.25) is 0 Å². The molecule has 0 aliphatic heterocycles. The molecule has 4 aromatic rings. The second-order valence-corrected chi connectivity index (χ2v) is 8.15. The summed E-state index contributed by atoms with van der Waals surface area (Å²) in [6, 6.07) is 25.8. The number of halogens is 3. The van der Waals surface area contributed by atoms with Gasteiger partial charge in [-0.3, -0.25) is 9.59 Å². The number of carbonyl (C=O) groups excluding carboxylic acids is 2. The molecule has 0 spiro atoms. The highest BCUT2D eigenvalue weighted by Crippen LogP contribution is 2.32. The number of benzene rings is 3. The first kappa shape index (κ1) is 25.5. The van der Waals surface area contributed by atoms with E-state index < -0.39 is 23.6 Å². The van der Waals surface area contributed by atoms with E-state index in [1.807, 2.05) is 30.3 Å². The smallest absolute Gasteiger partial charge is 0.416 e. The minimum atomic E-state index is -4.49. The third-order valence-corrected chi connectivity index (χ3v) is 5.46. The van der Waals surface area contributed by atoms with E-state index in [1.165, 1.54) is 30.3 Å². The van der Waals surface area contributed by atoms with Gasteiger partial charge in [0.15, 0.2) is 0 Å². The van der Waals surface area contributed by atoms with Crippen molar-refractivity contribution < 1.29 is 27.2 Å². The molecule has 5 nitrogen and oxygen atoms in total. The van der Waals surface area contributed by atoms with Crippen molar-refractivity contribution in [2.75, 3.05) is 6.54 Å². The van der Waals surface area contributed by atoms with Crippen LogP contribution in [-0.2, 0) is 17.4 Å². The number of amides is 2. The molecule has 0 bridgehead atoms. The molecule has 8 heteroatoms. The maximum absolute atomic E-state index is 13.1. The van der Waals surface area contributed by atoms with Crippen LogP contribution in [0.4, 0.5) is 13.2 Å². The molecule has 0 fully saturated rings. The Balaban J connectivity index is 1.55. The van der Waals surface area contributed by atoms with Crippen molar-refractivity contribution in [3.8, 4) is 11.3 Å². The van der Waals surface area contributed by atoms with Crippen molar-refractivity contribution in [2.45, 2.75) is 12.6 Å². The fraction of sp³-hybridized carbons (Fsp3) is 0.103. The van der Waals surface area contributed by atoms with Crippen molar-refractivity contribution in [2.24, 2.45) is 0 Å². The van der Waals surface area contributed by atoms with E-state index in [9.17, 15) is 22.8 Å². The summed E-state index contributed by atoms with van der Waals surface area (Å²) in [6.45, 7) is 0.328. The van der Waals surface area contributed by atoms with Crippen LogP contribution < -0.4 is 10.6 Å². The molecule has 2 amide bonds. The van der Waals surface area contributed by atoms with Gasteiger partial charge in [0.05, 0.1) is 5.56 Å². The number of furan rings is 1. The SMILES string of the molecule is O=C(NCCc1ccccc1)/C(=C/c1ccc(-c2cccc(C(F)(F)F)c2)o1)NC(=O)c1ccccc1. The first-order chi connectivity index (χ1) is 17.8. The molecular weight excluding hydrogens is 481 g/mol. The fourth-order valence-electron chi connectivity index (χ4n) is 3.58. The molecule has 1 heterocycles. The van der Waals surface area contributed by atoms with Crippen molar-refractivity contribution in [3.05, 3.63) is 125 Å². The molecule has 2 N–H and O–H groups in total. The predicted octanol–water partition coefficient (Wildman–Crippen LogP) is 6.10. The fourth-order valence-corrected chi connectivity index (χ4v) is 3.58. The molecule has 0 saturated heterocycles. The van der Waals surface area contributed by atoms with E-state index in [-0.39, 0.29) is 22.8 Å². The third kappa shape index (κ3) is 6.98. The second kappa shape index (κ2) is 11.4. The van der Waals surface area contributed by atoms with Gasteiger partial charge in [-0.25, -0.2) is 0 Å². The van der Waals surface area contributed by atoms with Gasteiger partial charge in [-0.2, -0.15) is 13.2 Å². The lowest BCUT2D eigenvalue weighted by molar-refractivity contribution is -0.137. The third-order valence-electron chi connectivity index (χ3n) is 5.46. The van der Waals surface area contributed by atoms with Gasteiger partial charge >= 0.3 is 6.18 Å². The van der Waals surface area contributed by atoms with E-state index in [0.717, 1.165) is 17.7 Å². The Kier molecular flexibility index (Phi) is 7.88. The van der Waals surface area contributed by atoms with Gasteiger partial charge in [0, 0.05) is 23.7 Å². The predicted molar refractivity (Wildman–Crippen MR) is 134 cm³/mol. The van der Waals surface area contributed by atoms with Crippen LogP contribution in [0.15, 0.2) is 107 Å². The minimum absolute atomic E-state index is 0.0631. The van der Waals surface area contributed by atoms with E-state index >= 15 is 0 Å². The number of rotatable bonds is 8. The van der Waals surface area contributed by atoms with Crippen LogP contribution in [0.5, 0.6) is 0 Å². The highest BCUT2D eigenvalue weighted by atomic mass is 19.4. The largest absolute Gasteiger partial charge is 0.457 e. The van der Waals surface area contributed by atoms with Crippen LogP contribution in [-0.4, -0.2) is 18.4 Å². The van der Waals surface area contributed by atoms with E-state index in [2.05, 4.69) is 10.6 Å². The molecule has 37 heavy (non-hydrogen) atoms. The van der Waals surface area contributed by atoms with Crippen molar-refractivity contribution in [3.63, 3.8) is 0 Å². The number of alkyl halides is 3. The topological polar surface area (TPSA) is 71.3 Å². The molecule has 0 unspecified atom stereocenters. The van der Waals surface area contributed by atoms with Crippen molar-refractivity contribution >= 4 is 17.9 Å². The number of hydrogen-bond donors (Lipinski definition) is 2. The summed E-state index contributed by atoms with van der Waals surface area (Å²) in [6.07, 6.45) is -2.55. The summed E-state index contributed by atoms with van der Waals surface area (Å²) in [5.74, 6) is -0.642. The summed E-state index contributed by atoms with van der Waals surface area (Å²) in [4.78, 5) is 25.7. The Morgan fingerprint density at radius 1 is 0.838 bits per heavy atom. The maximum atomic E-state index is 13.1. The van der Waals surface area contributed by atoms with Crippen molar-refractivity contribution in [1.82, 2.24) is 10.6 Å². The highest BCUT2D eigenvalue weighted by molar-refractivity contribution is 6.05. The zero-order valence-electron chi connectivity index (χ0n) is 19.6. The van der Waals surface area contributed by atoms with Crippen LogP contribution in [0.3, 0.4) is 0 Å². The van der Waals surface area contributed by atoms with Crippen molar-refractivity contribution in [1.29, 1.82) is 0 Å². The lowest BCUT2D eigenvalue weighted by atomic mass is 10.1. The minimum Gasteiger partial charge on any atom is -0.457 e. The second-order valence-electron chi connectivity index (χ2n) is 8.15. The Morgan fingerprint density at radius 3 is 2.24 bits per heavy atom. The summed E-state index contributed by atoms with van der Waals surface area (Å²) < 4.78 is 45.0. The molecule has 0 aliphatic carbocycles. The Bertz CT molecular complexity index is 1390. The summed E-state index contributed by atoms with van der Waals surface area (Å²) in [7, 11) is 0. The molecule has 0 atom stereocenters. The molecule has 0 aliphatic rings. The average Bonchev–Trinajstić information content (AvgIpc) is 3.37. The quantitative estimate of drug-likeness (QED) is 0.285. The summed E-state index contributed by atoms with van der Waals surface area (Å²) in [5.41, 5.74) is 0.767. The zero-order valence-corrected chi connectivity index (χ0v) is 19.6. The standard InChI is InChI=1S/C29H23F3N2O3/c30-29(31,32)23-13-7-12-22(18-23)26-15-14-24(37-26)19-25(34-27(35)21-10-5-2-6-11-21)28(36)33-17-16-20-8-3-1-4-9-20/h1-15,18-19H,16-17H2,(H,33,36)(H,34,35)/b25-19-. The highest BCUT2D eigenvalue weighted by Gasteiger charge is 2.30. The Labute approximate surface area is 211 Å². The van der Waals surface area contributed by atoms with Gasteiger partial charge in [-0.15, -0.1) is 0 Å². The van der Waals surface area contributed by atoms with Gasteiger partial charge in [0.25, 0.3) is 11.8 Å². The molecule has 4 rings (SSSR count). The molecule has 188 valence electrons. The maximum Gasteiger partial charge on any atom is 0.416 e. The number of hydrogen-bond acceptors (Lipinski definition) is 3. The first-order valence-electron chi connectivity index (χ1n) is 11.5. The summed E-state index contributed by atoms with van der Waals surface area (Å²) in [5, 5.41) is 5.39. The normalized spacial score (nSPS) is 11.7. The van der Waals surface area contributed by atoms with Crippen LogP contribution in [0.2, 0.25) is 0 Å². The average molecular weight is 505 g/mol. The lowest BCUT2D eigenvalue weighted by Crippen LogP contribution is -2.35. The van der Waals surface area contributed by atoms with Crippen LogP contribution in [0.1, 0.15) is 27.2 Å². The van der Waals surface area contributed by atoms with Crippen LogP contribution >= 0.6 is 0 Å². The lowest BCUT2D eigenvalue weighted by Gasteiger charge is -2.11. The van der Waals surface area contributed by atoms with E-state index in [1.54, 1.807) is 30.3 Å². The first-order valence-corrected chi connectivity index (χ1v) is 11.5.